The van der Waals surface area contributed by atoms with E-state index in [-0.39, 0.29) is 12.1 Å². The predicted molar refractivity (Wildman–Crippen MR) is 86.6 cm³/mol. The van der Waals surface area contributed by atoms with E-state index in [1.165, 1.54) is 0 Å². The molecule has 1 aromatic carbocycles. The van der Waals surface area contributed by atoms with E-state index in [1.807, 2.05) is 30.2 Å². The van der Waals surface area contributed by atoms with Crippen molar-refractivity contribution in [2.45, 2.75) is 19.5 Å². The number of halogens is 1. The molecule has 2 heterocycles. The van der Waals surface area contributed by atoms with Gasteiger partial charge in [0.05, 0.1) is 18.8 Å². The zero-order valence-electron chi connectivity index (χ0n) is 12.5. The Morgan fingerprint density at radius 1 is 1.36 bits per heavy atom. The van der Waals surface area contributed by atoms with E-state index in [0.717, 1.165) is 12.2 Å². The number of aromatic nitrogens is 1. The third-order valence-corrected chi connectivity index (χ3v) is 4.24. The van der Waals surface area contributed by atoms with Gasteiger partial charge >= 0.3 is 6.03 Å². The van der Waals surface area contributed by atoms with Crippen molar-refractivity contribution in [2.75, 3.05) is 19.0 Å². The standard InChI is InChI=1S/C16H18ClN3O2/c1-11-14-4-3-7-19(14)8-9-20(11)16(21)18-13-10-12(17)5-6-15(13)22-2/h3-7,10-11H,8-9H2,1-2H3,(H,18,21). The van der Waals surface area contributed by atoms with Gasteiger partial charge in [-0.25, -0.2) is 4.79 Å². The fraction of sp³-hybridized carbons (Fsp3) is 0.312. The average Bonchev–Trinajstić information content (AvgIpc) is 2.97. The Morgan fingerprint density at radius 2 is 2.18 bits per heavy atom. The van der Waals surface area contributed by atoms with E-state index in [2.05, 4.69) is 9.88 Å². The average molecular weight is 320 g/mol. The number of anilines is 1. The van der Waals surface area contributed by atoms with Crippen LogP contribution in [0.2, 0.25) is 5.02 Å². The van der Waals surface area contributed by atoms with E-state index in [4.69, 9.17) is 16.3 Å². The Balaban J connectivity index is 1.80. The molecule has 0 saturated heterocycles. The predicted octanol–water partition coefficient (Wildman–Crippen LogP) is 3.76. The molecule has 1 N–H and O–H groups in total. The molecular formula is C16H18ClN3O2. The molecule has 116 valence electrons. The van der Waals surface area contributed by atoms with Crippen molar-refractivity contribution in [3.63, 3.8) is 0 Å². The first-order valence-corrected chi connectivity index (χ1v) is 7.54. The van der Waals surface area contributed by atoms with Crippen LogP contribution in [0.15, 0.2) is 36.5 Å². The topological polar surface area (TPSA) is 46.5 Å². The maximum atomic E-state index is 12.6. The first-order chi connectivity index (χ1) is 10.6. The quantitative estimate of drug-likeness (QED) is 0.916. The van der Waals surface area contributed by atoms with Crippen LogP contribution in [-0.2, 0) is 6.54 Å². The SMILES string of the molecule is COc1ccc(Cl)cc1NC(=O)N1CCn2cccc2C1C. The lowest BCUT2D eigenvalue weighted by Crippen LogP contribution is -2.43. The van der Waals surface area contributed by atoms with E-state index >= 15 is 0 Å². The largest absolute Gasteiger partial charge is 0.495 e. The molecule has 0 spiro atoms. The van der Waals surface area contributed by atoms with Gasteiger partial charge in [0.15, 0.2) is 0 Å². The van der Waals surface area contributed by atoms with Gasteiger partial charge in [-0.2, -0.15) is 0 Å². The van der Waals surface area contributed by atoms with Crippen molar-refractivity contribution in [1.29, 1.82) is 0 Å². The molecule has 5 nitrogen and oxygen atoms in total. The number of rotatable bonds is 2. The van der Waals surface area contributed by atoms with E-state index in [1.54, 1.807) is 25.3 Å². The number of hydrogen-bond acceptors (Lipinski definition) is 2. The van der Waals surface area contributed by atoms with Crippen LogP contribution in [0.25, 0.3) is 0 Å². The van der Waals surface area contributed by atoms with Gasteiger partial charge in [-0.05, 0) is 37.3 Å². The Kier molecular flexibility index (Phi) is 3.98. The highest BCUT2D eigenvalue weighted by Gasteiger charge is 2.27. The van der Waals surface area contributed by atoms with Gasteiger partial charge in [0.25, 0.3) is 0 Å². The number of fused-ring (bicyclic) bond motifs is 1. The lowest BCUT2D eigenvalue weighted by atomic mass is 10.1. The van der Waals surface area contributed by atoms with Crippen molar-refractivity contribution in [1.82, 2.24) is 9.47 Å². The summed E-state index contributed by atoms with van der Waals surface area (Å²) in [6.45, 7) is 3.49. The molecule has 0 fully saturated rings. The summed E-state index contributed by atoms with van der Waals surface area (Å²) in [5.74, 6) is 0.589. The summed E-state index contributed by atoms with van der Waals surface area (Å²) < 4.78 is 7.44. The van der Waals surface area contributed by atoms with Crippen LogP contribution in [0.3, 0.4) is 0 Å². The summed E-state index contributed by atoms with van der Waals surface area (Å²) in [6.07, 6.45) is 2.04. The summed E-state index contributed by atoms with van der Waals surface area (Å²) in [6, 6.07) is 9.08. The lowest BCUT2D eigenvalue weighted by molar-refractivity contribution is 0.175. The Bertz CT molecular complexity index is 698. The number of nitrogens with one attached hydrogen (secondary N) is 1. The highest BCUT2D eigenvalue weighted by atomic mass is 35.5. The first-order valence-electron chi connectivity index (χ1n) is 7.16. The zero-order chi connectivity index (χ0) is 15.7. The molecule has 1 aliphatic heterocycles. The summed E-state index contributed by atoms with van der Waals surface area (Å²) in [7, 11) is 1.56. The van der Waals surface area contributed by atoms with Crippen LogP contribution in [0.5, 0.6) is 5.75 Å². The third-order valence-electron chi connectivity index (χ3n) is 4.01. The van der Waals surface area contributed by atoms with Crippen LogP contribution in [0.1, 0.15) is 18.7 Å². The molecule has 1 aromatic heterocycles. The summed E-state index contributed by atoms with van der Waals surface area (Å²) >= 11 is 6.00. The Hall–Kier alpha value is -2.14. The molecule has 0 saturated carbocycles. The van der Waals surface area contributed by atoms with Crippen molar-refractivity contribution in [2.24, 2.45) is 0 Å². The number of amides is 2. The molecule has 0 radical (unpaired) electrons. The van der Waals surface area contributed by atoms with E-state index in [9.17, 15) is 4.79 Å². The van der Waals surface area contributed by atoms with Gasteiger partial charge < -0.3 is 19.5 Å². The highest BCUT2D eigenvalue weighted by molar-refractivity contribution is 6.31. The molecule has 0 aliphatic carbocycles. The minimum Gasteiger partial charge on any atom is -0.495 e. The number of benzene rings is 1. The second-order valence-corrected chi connectivity index (χ2v) is 5.71. The minimum atomic E-state index is -0.152. The molecule has 0 bridgehead atoms. The lowest BCUT2D eigenvalue weighted by Gasteiger charge is -2.35. The fourth-order valence-electron chi connectivity index (χ4n) is 2.82. The van der Waals surface area contributed by atoms with Gasteiger partial charge in [-0.1, -0.05) is 11.6 Å². The van der Waals surface area contributed by atoms with Crippen molar-refractivity contribution >= 4 is 23.3 Å². The molecule has 6 heteroatoms. The minimum absolute atomic E-state index is 0.0222. The smallest absolute Gasteiger partial charge is 0.322 e. The number of methoxy groups -OCH3 is 1. The van der Waals surface area contributed by atoms with Crippen LogP contribution in [-0.4, -0.2) is 29.2 Å². The number of carbonyl (C=O) groups is 1. The van der Waals surface area contributed by atoms with Crippen LogP contribution < -0.4 is 10.1 Å². The summed E-state index contributed by atoms with van der Waals surface area (Å²) in [5.41, 5.74) is 1.72. The van der Waals surface area contributed by atoms with E-state index in [0.29, 0.717) is 23.0 Å². The maximum absolute atomic E-state index is 12.6. The molecule has 1 unspecified atom stereocenters. The van der Waals surface area contributed by atoms with Crippen LogP contribution in [0.4, 0.5) is 10.5 Å². The fourth-order valence-corrected chi connectivity index (χ4v) is 2.99. The van der Waals surface area contributed by atoms with Gasteiger partial charge in [0.1, 0.15) is 5.75 Å². The highest BCUT2D eigenvalue weighted by Crippen LogP contribution is 2.30. The van der Waals surface area contributed by atoms with Gasteiger partial charge in [-0.15, -0.1) is 0 Å². The zero-order valence-corrected chi connectivity index (χ0v) is 13.3. The van der Waals surface area contributed by atoms with Gasteiger partial charge in [0, 0.05) is 30.0 Å². The number of hydrogen-bond donors (Lipinski definition) is 1. The van der Waals surface area contributed by atoms with Crippen LogP contribution >= 0.6 is 11.6 Å². The van der Waals surface area contributed by atoms with Gasteiger partial charge in [-0.3, -0.25) is 0 Å². The molecule has 2 aromatic rings. The van der Waals surface area contributed by atoms with E-state index < -0.39 is 0 Å². The monoisotopic (exact) mass is 319 g/mol. The summed E-state index contributed by atoms with van der Waals surface area (Å²) in [5, 5.41) is 3.45. The van der Waals surface area contributed by atoms with Crippen molar-refractivity contribution in [3.05, 3.63) is 47.2 Å². The molecular weight excluding hydrogens is 302 g/mol. The Morgan fingerprint density at radius 3 is 2.95 bits per heavy atom. The molecule has 2 amide bonds. The normalized spacial score (nSPS) is 17.0. The number of urea groups is 1. The molecule has 1 atom stereocenters. The first kappa shape index (κ1) is 14.8. The number of ether oxygens (including phenoxy) is 1. The Labute approximate surface area is 134 Å². The summed E-state index contributed by atoms with van der Waals surface area (Å²) in [4.78, 5) is 14.4. The number of nitrogens with zero attached hydrogens (tertiary/aromatic N) is 2. The second kappa shape index (κ2) is 5.93. The molecule has 22 heavy (non-hydrogen) atoms. The van der Waals surface area contributed by atoms with Crippen LogP contribution in [0, 0.1) is 0 Å². The van der Waals surface area contributed by atoms with Crippen molar-refractivity contribution < 1.29 is 9.53 Å². The third kappa shape index (κ3) is 2.64. The maximum Gasteiger partial charge on any atom is 0.322 e. The molecule has 3 rings (SSSR count). The number of carbonyl (C=O) groups excluding carboxylic acids is 1. The van der Waals surface area contributed by atoms with Gasteiger partial charge in [0.2, 0.25) is 0 Å². The molecule has 1 aliphatic rings. The second-order valence-electron chi connectivity index (χ2n) is 5.27. The van der Waals surface area contributed by atoms with Crippen molar-refractivity contribution in [3.8, 4) is 5.75 Å².